The lowest BCUT2D eigenvalue weighted by molar-refractivity contribution is -0.142. The average Bonchev–Trinajstić information content (AvgIpc) is 3.47. The number of hydrogen-bond donors (Lipinski definition) is 1. The topological polar surface area (TPSA) is 66.5 Å². The number of carbonyl (C=O) groups is 1. The maximum Gasteiger partial charge on any atom is 0.260 e. The van der Waals surface area contributed by atoms with Gasteiger partial charge in [-0.05, 0) is 48.8 Å². The number of hydrogen-bond acceptors (Lipinski definition) is 3. The summed E-state index contributed by atoms with van der Waals surface area (Å²) in [5, 5.41) is 0. The van der Waals surface area contributed by atoms with Crippen LogP contribution in [0.4, 0.5) is 4.39 Å². The highest BCUT2D eigenvalue weighted by molar-refractivity contribution is 7.88. The highest BCUT2D eigenvalue weighted by Crippen LogP contribution is 2.42. The van der Waals surface area contributed by atoms with Crippen molar-refractivity contribution in [1.29, 1.82) is 0 Å². The molecular weight excluding hydrogens is 403 g/mol. The Bertz CT molecular complexity index is 1020. The van der Waals surface area contributed by atoms with Crippen LogP contribution in [0, 0.1) is 0 Å². The number of carbonyl (C=O) groups excluding carboxylic acids is 1. The first kappa shape index (κ1) is 21.0. The molecule has 1 amide bonds. The number of halogens is 1. The highest BCUT2D eigenvalue weighted by Gasteiger charge is 2.54. The van der Waals surface area contributed by atoms with Gasteiger partial charge in [0.1, 0.15) is 0 Å². The molecule has 0 spiro atoms. The number of amides is 1. The minimum atomic E-state index is -3.45. The number of likely N-dealkylation sites (tertiary alicyclic amines) is 1. The second kappa shape index (κ2) is 8.12. The van der Waals surface area contributed by atoms with E-state index in [0.29, 0.717) is 25.8 Å². The number of piperidine rings is 1. The Hall–Kier alpha value is -2.25. The van der Waals surface area contributed by atoms with E-state index in [9.17, 15) is 17.6 Å². The fraction of sp³-hybridized carbons (Fsp3) is 0.435. The largest absolute Gasteiger partial charge is 0.335 e. The van der Waals surface area contributed by atoms with Crippen LogP contribution in [-0.2, 0) is 21.2 Å². The summed E-state index contributed by atoms with van der Waals surface area (Å²) in [5.41, 5.74) is 1.36. The normalized spacial score (nSPS) is 23.2. The van der Waals surface area contributed by atoms with Crippen molar-refractivity contribution in [3.8, 4) is 11.1 Å². The molecule has 2 fully saturated rings. The third-order valence-electron chi connectivity index (χ3n) is 5.96. The smallest absolute Gasteiger partial charge is 0.260 e. The van der Waals surface area contributed by atoms with Gasteiger partial charge in [-0.3, -0.25) is 4.79 Å². The van der Waals surface area contributed by atoms with Gasteiger partial charge < -0.3 is 4.90 Å². The van der Waals surface area contributed by atoms with Crippen molar-refractivity contribution < 1.29 is 17.6 Å². The van der Waals surface area contributed by atoms with Crippen molar-refractivity contribution in [1.82, 2.24) is 9.62 Å². The molecule has 2 aliphatic rings. The lowest BCUT2D eigenvalue weighted by atomic mass is 9.90. The number of nitrogens with one attached hydrogen (secondary N) is 1. The van der Waals surface area contributed by atoms with E-state index in [1.807, 2.05) is 48.5 Å². The Morgan fingerprint density at radius 1 is 1.13 bits per heavy atom. The van der Waals surface area contributed by atoms with Crippen molar-refractivity contribution in [3.63, 3.8) is 0 Å². The molecule has 4 rings (SSSR count). The van der Waals surface area contributed by atoms with Crippen LogP contribution < -0.4 is 4.72 Å². The maximum atomic E-state index is 14.6. The van der Waals surface area contributed by atoms with E-state index < -0.39 is 33.7 Å². The van der Waals surface area contributed by atoms with Crippen LogP contribution in [0.15, 0.2) is 54.6 Å². The van der Waals surface area contributed by atoms with Gasteiger partial charge >= 0.3 is 0 Å². The quantitative estimate of drug-likeness (QED) is 0.765. The van der Waals surface area contributed by atoms with Gasteiger partial charge in [0, 0.05) is 12.6 Å². The van der Waals surface area contributed by atoms with Crippen LogP contribution in [0.1, 0.15) is 31.2 Å². The van der Waals surface area contributed by atoms with E-state index >= 15 is 0 Å². The third-order valence-corrected chi connectivity index (χ3v) is 6.69. The molecule has 30 heavy (non-hydrogen) atoms. The summed E-state index contributed by atoms with van der Waals surface area (Å²) in [5.74, 6) is -0.494. The molecule has 2 atom stereocenters. The van der Waals surface area contributed by atoms with E-state index in [4.69, 9.17) is 0 Å². The molecule has 7 heteroatoms. The first-order valence-corrected chi connectivity index (χ1v) is 12.3. The van der Waals surface area contributed by atoms with Gasteiger partial charge in [-0.25, -0.2) is 17.5 Å². The third kappa shape index (κ3) is 4.73. The second-order valence-corrected chi connectivity index (χ2v) is 10.2. The summed E-state index contributed by atoms with van der Waals surface area (Å²) in [7, 11) is -3.45. The van der Waals surface area contributed by atoms with Crippen LogP contribution in [0.5, 0.6) is 0 Å². The monoisotopic (exact) mass is 430 g/mol. The van der Waals surface area contributed by atoms with Crippen LogP contribution in [-0.4, -0.2) is 49.8 Å². The average molecular weight is 431 g/mol. The van der Waals surface area contributed by atoms with Crippen LogP contribution in [0.3, 0.4) is 0 Å². The van der Waals surface area contributed by atoms with Gasteiger partial charge in [-0.2, -0.15) is 0 Å². The summed E-state index contributed by atoms with van der Waals surface area (Å²) >= 11 is 0. The van der Waals surface area contributed by atoms with Gasteiger partial charge in [0.2, 0.25) is 10.0 Å². The minimum absolute atomic E-state index is 0.253. The highest BCUT2D eigenvalue weighted by atomic mass is 32.2. The molecule has 1 aliphatic carbocycles. The minimum Gasteiger partial charge on any atom is -0.335 e. The molecule has 1 N–H and O–H groups in total. The number of alkyl halides is 1. The molecular formula is C23H27FN2O3S. The SMILES string of the molecule is CS(=O)(=O)N[C@H]1CCCN(C(=O)C2(F)CC2)[C@H]1Cc1cccc(-c2ccccc2)c1. The number of sulfonamides is 1. The zero-order valence-corrected chi connectivity index (χ0v) is 17.9. The Balaban J connectivity index is 1.63. The number of rotatable bonds is 6. The molecule has 1 saturated heterocycles. The predicted molar refractivity (Wildman–Crippen MR) is 115 cm³/mol. The molecule has 0 bridgehead atoms. The standard InChI is InChI=1S/C23H27FN2O3S/c1-30(28,29)25-20-11-6-14-26(22(27)23(24)12-13-23)21(20)16-17-7-5-10-19(15-17)18-8-3-2-4-9-18/h2-5,7-10,15,20-21,25H,6,11-14,16H2,1H3/t20-,21-/m0/s1. The van der Waals surface area contributed by atoms with Gasteiger partial charge in [-0.1, -0.05) is 54.6 Å². The zero-order valence-electron chi connectivity index (χ0n) is 17.1. The molecule has 0 radical (unpaired) electrons. The Kier molecular flexibility index (Phi) is 5.68. The molecule has 160 valence electrons. The molecule has 0 unspecified atom stereocenters. The molecule has 5 nitrogen and oxygen atoms in total. The van der Waals surface area contributed by atoms with Gasteiger partial charge in [-0.15, -0.1) is 0 Å². The van der Waals surface area contributed by atoms with Crippen molar-refractivity contribution in [2.45, 2.75) is 49.9 Å². The molecule has 0 aromatic heterocycles. The summed E-state index contributed by atoms with van der Waals surface area (Å²) in [6.07, 6.45) is 3.37. The molecule has 1 saturated carbocycles. The first-order valence-electron chi connectivity index (χ1n) is 10.4. The summed E-state index contributed by atoms with van der Waals surface area (Å²) in [6, 6.07) is 17.2. The Morgan fingerprint density at radius 2 is 1.83 bits per heavy atom. The lowest BCUT2D eigenvalue weighted by Gasteiger charge is -2.42. The Morgan fingerprint density at radius 3 is 2.50 bits per heavy atom. The summed E-state index contributed by atoms with van der Waals surface area (Å²) < 4.78 is 41.2. The molecule has 2 aromatic carbocycles. The van der Waals surface area contributed by atoms with Gasteiger partial charge in [0.15, 0.2) is 5.67 Å². The maximum absolute atomic E-state index is 14.6. The number of benzene rings is 2. The fourth-order valence-corrected chi connectivity index (χ4v) is 5.13. The van der Waals surface area contributed by atoms with Crippen molar-refractivity contribution in [2.75, 3.05) is 12.8 Å². The number of nitrogens with zero attached hydrogens (tertiary/aromatic N) is 1. The Labute approximate surface area is 177 Å². The summed E-state index contributed by atoms with van der Waals surface area (Å²) in [6.45, 7) is 0.454. The molecule has 1 heterocycles. The first-order chi connectivity index (χ1) is 14.3. The van der Waals surface area contributed by atoms with Gasteiger partial charge in [0.05, 0.1) is 12.3 Å². The van der Waals surface area contributed by atoms with E-state index in [-0.39, 0.29) is 12.8 Å². The van der Waals surface area contributed by atoms with E-state index in [1.54, 1.807) is 4.90 Å². The molecule has 2 aromatic rings. The van der Waals surface area contributed by atoms with Crippen molar-refractivity contribution in [3.05, 3.63) is 60.2 Å². The van der Waals surface area contributed by atoms with E-state index in [1.165, 1.54) is 0 Å². The van der Waals surface area contributed by atoms with Crippen molar-refractivity contribution >= 4 is 15.9 Å². The fourth-order valence-electron chi connectivity index (χ4n) is 4.30. The summed E-state index contributed by atoms with van der Waals surface area (Å²) in [4.78, 5) is 14.4. The second-order valence-electron chi connectivity index (χ2n) is 8.44. The van der Waals surface area contributed by atoms with Crippen LogP contribution in [0.2, 0.25) is 0 Å². The van der Waals surface area contributed by atoms with Crippen LogP contribution >= 0.6 is 0 Å². The van der Waals surface area contributed by atoms with E-state index in [2.05, 4.69) is 10.8 Å². The van der Waals surface area contributed by atoms with E-state index in [0.717, 1.165) is 22.9 Å². The van der Waals surface area contributed by atoms with Crippen LogP contribution in [0.25, 0.3) is 11.1 Å². The molecule has 1 aliphatic heterocycles. The lowest BCUT2D eigenvalue weighted by Crippen LogP contribution is -2.59. The predicted octanol–water partition coefficient (Wildman–Crippen LogP) is 3.31. The van der Waals surface area contributed by atoms with Gasteiger partial charge in [0.25, 0.3) is 5.91 Å². The zero-order chi connectivity index (χ0) is 21.4. The van der Waals surface area contributed by atoms with Crippen molar-refractivity contribution in [2.24, 2.45) is 0 Å².